The van der Waals surface area contributed by atoms with E-state index < -0.39 is 0 Å². The topological polar surface area (TPSA) is 52.6 Å². The second-order valence-electron chi connectivity index (χ2n) is 8.85. The highest BCUT2D eigenvalue weighted by atomic mass is 32.1. The van der Waals surface area contributed by atoms with Gasteiger partial charge >= 0.3 is 0 Å². The van der Waals surface area contributed by atoms with Crippen LogP contribution in [-0.2, 0) is 12.8 Å². The second kappa shape index (κ2) is 8.85. The lowest BCUT2D eigenvalue weighted by molar-refractivity contribution is 0.0495. The fourth-order valence-corrected chi connectivity index (χ4v) is 5.37. The number of nitrogens with zero attached hydrogens (tertiary/aromatic N) is 1. The first kappa shape index (κ1) is 19.8. The predicted octanol–water partition coefficient (Wildman–Crippen LogP) is 3.62. The van der Waals surface area contributed by atoms with Gasteiger partial charge in [-0.1, -0.05) is 26.7 Å². The second-order valence-corrected chi connectivity index (χ2v) is 9.99. The Kier molecular flexibility index (Phi) is 6.76. The van der Waals surface area contributed by atoms with E-state index in [4.69, 9.17) is 0 Å². The zero-order valence-corrected chi connectivity index (χ0v) is 17.2. The van der Waals surface area contributed by atoms with E-state index in [1.165, 1.54) is 36.1 Å². The van der Waals surface area contributed by atoms with Gasteiger partial charge in [-0.25, -0.2) is 0 Å². The molecule has 5 heteroatoms. The van der Waals surface area contributed by atoms with E-state index in [1.807, 2.05) is 0 Å². The van der Waals surface area contributed by atoms with Crippen molar-refractivity contribution in [2.75, 3.05) is 26.2 Å². The van der Waals surface area contributed by atoms with E-state index in [1.54, 1.807) is 11.3 Å². The van der Waals surface area contributed by atoms with E-state index in [9.17, 15) is 9.90 Å². The summed E-state index contributed by atoms with van der Waals surface area (Å²) in [6.45, 7) is 7.78. The van der Waals surface area contributed by atoms with E-state index in [2.05, 4.69) is 30.1 Å². The summed E-state index contributed by atoms with van der Waals surface area (Å²) in [5, 5.41) is 13.0. The smallest absolute Gasteiger partial charge is 0.261 e. The average molecular weight is 379 g/mol. The Bertz CT molecular complexity index is 586. The summed E-state index contributed by atoms with van der Waals surface area (Å²) in [5.41, 5.74) is 1.40. The number of likely N-dealkylation sites (tertiary alicyclic amines) is 1. The predicted molar refractivity (Wildman–Crippen MR) is 108 cm³/mol. The monoisotopic (exact) mass is 378 g/mol. The molecule has 146 valence electrons. The first-order valence-electron chi connectivity index (χ1n) is 10.2. The Morgan fingerprint density at radius 3 is 2.81 bits per heavy atom. The van der Waals surface area contributed by atoms with Gasteiger partial charge in [0.05, 0.1) is 11.0 Å². The van der Waals surface area contributed by atoms with E-state index in [0.29, 0.717) is 6.54 Å². The minimum atomic E-state index is -0.195. The van der Waals surface area contributed by atoms with E-state index >= 15 is 0 Å². The maximum atomic E-state index is 12.7. The normalized spacial score (nSPS) is 22.3. The summed E-state index contributed by atoms with van der Waals surface area (Å²) in [7, 11) is 0. The number of amides is 1. The van der Waals surface area contributed by atoms with Gasteiger partial charge in [-0.2, -0.15) is 0 Å². The number of thiophene rings is 1. The van der Waals surface area contributed by atoms with Crippen molar-refractivity contribution >= 4 is 17.2 Å². The van der Waals surface area contributed by atoms with Crippen LogP contribution in [0.2, 0.25) is 0 Å². The average Bonchev–Trinajstić information content (AvgIpc) is 2.94. The van der Waals surface area contributed by atoms with Crippen LogP contribution in [0.4, 0.5) is 0 Å². The van der Waals surface area contributed by atoms with Crippen molar-refractivity contribution in [3.05, 3.63) is 21.4 Å². The van der Waals surface area contributed by atoms with E-state index in [-0.39, 0.29) is 17.4 Å². The zero-order valence-electron chi connectivity index (χ0n) is 16.4. The van der Waals surface area contributed by atoms with Crippen molar-refractivity contribution < 1.29 is 9.90 Å². The van der Waals surface area contributed by atoms with Crippen LogP contribution in [0.1, 0.15) is 72.5 Å². The standard InChI is InChI=1S/C21H34N2O2S/c1-21(2,15-23-11-7-9-17(24)13-23)14-22-20(25)19-12-16-8-5-3-4-6-10-18(16)26-19/h12,17,24H,3-11,13-15H2,1-2H3,(H,22,25). The third-order valence-electron chi connectivity index (χ3n) is 5.58. The van der Waals surface area contributed by atoms with E-state index in [0.717, 1.165) is 50.2 Å². The van der Waals surface area contributed by atoms with Crippen molar-refractivity contribution in [3.63, 3.8) is 0 Å². The fourth-order valence-electron chi connectivity index (χ4n) is 4.20. The molecule has 1 atom stereocenters. The lowest BCUT2D eigenvalue weighted by atomic mass is 9.91. The molecule has 2 heterocycles. The summed E-state index contributed by atoms with van der Waals surface area (Å²) >= 11 is 1.70. The molecule has 0 radical (unpaired) electrons. The minimum Gasteiger partial charge on any atom is -0.392 e. The molecule has 1 unspecified atom stereocenters. The molecule has 2 N–H and O–H groups in total. The van der Waals surface area contributed by atoms with Crippen LogP contribution in [0, 0.1) is 5.41 Å². The fraction of sp³-hybridized carbons (Fsp3) is 0.762. The molecule has 0 bridgehead atoms. The Hall–Kier alpha value is -0.910. The van der Waals surface area contributed by atoms with Gasteiger partial charge in [0.1, 0.15) is 0 Å². The van der Waals surface area contributed by atoms with Gasteiger partial charge in [-0.15, -0.1) is 11.3 Å². The molecule has 0 aromatic carbocycles. The molecule has 1 aliphatic heterocycles. The summed E-state index contributed by atoms with van der Waals surface area (Å²) in [6, 6.07) is 2.13. The summed E-state index contributed by atoms with van der Waals surface area (Å²) in [4.78, 5) is 17.3. The molecule has 1 saturated heterocycles. The van der Waals surface area contributed by atoms with Crippen molar-refractivity contribution in [3.8, 4) is 0 Å². The first-order chi connectivity index (χ1) is 12.4. The molecule has 1 aromatic heterocycles. The highest BCUT2D eigenvalue weighted by Crippen LogP contribution is 2.28. The van der Waals surface area contributed by atoms with Crippen LogP contribution < -0.4 is 5.32 Å². The zero-order chi connectivity index (χ0) is 18.6. The van der Waals surface area contributed by atoms with Crippen LogP contribution >= 0.6 is 11.3 Å². The number of rotatable bonds is 5. The van der Waals surface area contributed by atoms with Gasteiger partial charge in [-0.05, 0) is 62.1 Å². The largest absolute Gasteiger partial charge is 0.392 e. The van der Waals surface area contributed by atoms with Crippen LogP contribution in [0.15, 0.2) is 6.07 Å². The molecular formula is C21H34N2O2S. The van der Waals surface area contributed by atoms with Gasteiger partial charge in [-0.3, -0.25) is 4.79 Å². The molecule has 2 aliphatic rings. The Labute approximate surface area is 162 Å². The highest BCUT2D eigenvalue weighted by molar-refractivity contribution is 7.14. The molecule has 1 aromatic rings. The van der Waals surface area contributed by atoms with Crippen LogP contribution in [0.5, 0.6) is 0 Å². The minimum absolute atomic E-state index is 0.00143. The Morgan fingerprint density at radius 1 is 1.27 bits per heavy atom. The molecule has 1 amide bonds. The van der Waals surface area contributed by atoms with Crippen molar-refractivity contribution in [2.24, 2.45) is 5.41 Å². The molecule has 1 aliphatic carbocycles. The quantitative estimate of drug-likeness (QED) is 0.823. The number of nitrogens with one attached hydrogen (secondary N) is 1. The third-order valence-corrected chi connectivity index (χ3v) is 6.82. The highest BCUT2D eigenvalue weighted by Gasteiger charge is 2.26. The number of β-amino-alcohol motifs (C(OH)–C–C–N with tert-alkyl or cyclic N) is 1. The van der Waals surface area contributed by atoms with Crippen LogP contribution in [0.25, 0.3) is 0 Å². The maximum Gasteiger partial charge on any atom is 0.261 e. The first-order valence-corrected chi connectivity index (χ1v) is 11.0. The number of hydrogen-bond acceptors (Lipinski definition) is 4. The number of hydrogen-bond donors (Lipinski definition) is 2. The van der Waals surface area contributed by atoms with Gasteiger partial charge < -0.3 is 15.3 Å². The lowest BCUT2D eigenvalue weighted by Crippen LogP contribution is -2.46. The number of aliphatic hydroxyl groups excluding tert-OH is 1. The van der Waals surface area contributed by atoms with Gasteiger partial charge in [0.2, 0.25) is 0 Å². The SMILES string of the molecule is CC(C)(CNC(=O)c1cc2c(s1)CCCCCC2)CN1CCCC(O)C1. The number of piperidine rings is 1. The molecule has 0 spiro atoms. The molecule has 0 saturated carbocycles. The maximum absolute atomic E-state index is 12.7. The molecule has 26 heavy (non-hydrogen) atoms. The third kappa shape index (κ3) is 5.54. The van der Waals surface area contributed by atoms with Crippen molar-refractivity contribution in [2.45, 2.75) is 71.3 Å². The number of aryl methyl sites for hydroxylation is 2. The molecule has 3 rings (SSSR count). The summed E-state index contributed by atoms with van der Waals surface area (Å²) < 4.78 is 0. The molecule has 1 fully saturated rings. The lowest BCUT2D eigenvalue weighted by Gasteiger charge is -2.36. The summed E-state index contributed by atoms with van der Waals surface area (Å²) in [5.74, 6) is 0.0773. The summed E-state index contributed by atoms with van der Waals surface area (Å²) in [6.07, 6.45) is 9.18. The van der Waals surface area contributed by atoms with Gasteiger partial charge in [0.25, 0.3) is 5.91 Å². The Balaban J connectivity index is 1.53. The number of carbonyl (C=O) groups is 1. The number of fused-ring (bicyclic) bond motifs is 1. The Morgan fingerprint density at radius 2 is 2.04 bits per heavy atom. The number of carbonyl (C=O) groups excluding carboxylic acids is 1. The van der Waals surface area contributed by atoms with Crippen LogP contribution in [0.3, 0.4) is 0 Å². The molecular weight excluding hydrogens is 344 g/mol. The van der Waals surface area contributed by atoms with Gasteiger partial charge in [0.15, 0.2) is 0 Å². The van der Waals surface area contributed by atoms with Crippen LogP contribution in [-0.4, -0.2) is 48.2 Å². The number of aliphatic hydroxyl groups is 1. The van der Waals surface area contributed by atoms with Crippen molar-refractivity contribution in [1.82, 2.24) is 10.2 Å². The van der Waals surface area contributed by atoms with Gasteiger partial charge in [0, 0.05) is 24.5 Å². The van der Waals surface area contributed by atoms with Crippen molar-refractivity contribution in [1.29, 1.82) is 0 Å². The molecule has 4 nitrogen and oxygen atoms in total.